The molecule has 0 bridgehead atoms. The minimum absolute atomic E-state index is 0.328. The van der Waals surface area contributed by atoms with Crippen molar-refractivity contribution in [1.29, 1.82) is 0 Å². The number of halogens is 2. The van der Waals surface area contributed by atoms with Crippen molar-refractivity contribution in [3.63, 3.8) is 0 Å². The monoisotopic (exact) mass is 312 g/mol. The van der Waals surface area contributed by atoms with Gasteiger partial charge in [0, 0.05) is 4.88 Å². The van der Waals surface area contributed by atoms with Crippen molar-refractivity contribution < 1.29 is 0 Å². The quantitative estimate of drug-likeness (QED) is 0.766. The van der Waals surface area contributed by atoms with E-state index >= 15 is 0 Å². The van der Waals surface area contributed by atoms with E-state index in [1.54, 1.807) is 11.3 Å². The molecule has 1 atom stereocenters. The molecule has 0 aliphatic heterocycles. The van der Waals surface area contributed by atoms with Gasteiger partial charge in [-0.2, -0.15) is 0 Å². The number of hydrogen-bond acceptors (Lipinski definition) is 3. The number of fused-ring (bicyclic) bond motifs is 1. The molecule has 1 unspecified atom stereocenters. The second-order valence-corrected chi connectivity index (χ2v) is 6.94. The maximum Gasteiger partial charge on any atom is 0.129 e. The Morgan fingerprint density at radius 1 is 1.37 bits per heavy atom. The lowest BCUT2D eigenvalue weighted by molar-refractivity contribution is 0.608. The summed E-state index contributed by atoms with van der Waals surface area (Å²) >= 11 is 13.7. The largest absolute Gasteiger partial charge is 0.377 e. The van der Waals surface area contributed by atoms with Crippen LogP contribution < -0.4 is 5.32 Å². The second kappa shape index (κ2) is 5.31. The fraction of sp³-hybridized carbons (Fsp3) is 0.357. The lowest BCUT2D eigenvalue weighted by Crippen LogP contribution is -2.16. The Morgan fingerprint density at radius 3 is 3.00 bits per heavy atom. The fourth-order valence-corrected chi connectivity index (χ4v) is 4.12. The molecule has 100 valence electrons. The van der Waals surface area contributed by atoms with E-state index in [4.69, 9.17) is 23.2 Å². The Morgan fingerprint density at radius 2 is 2.21 bits per heavy atom. The molecule has 2 heterocycles. The van der Waals surface area contributed by atoms with Crippen molar-refractivity contribution in [2.45, 2.75) is 32.2 Å². The van der Waals surface area contributed by atoms with Crippen LogP contribution in [0.5, 0.6) is 0 Å². The molecular weight excluding hydrogens is 299 g/mol. The number of nitrogens with zero attached hydrogens (tertiary/aromatic N) is 1. The molecule has 0 spiro atoms. The van der Waals surface area contributed by atoms with Crippen molar-refractivity contribution in [2.24, 2.45) is 0 Å². The summed E-state index contributed by atoms with van der Waals surface area (Å²) in [5.74, 6) is 0. The van der Waals surface area contributed by atoms with Gasteiger partial charge in [0.2, 0.25) is 0 Å². The summed E-state index contributed by atoms with van der Waals surface area (Å²) in [6.07, 6.45) is 3.46. The van der Waals surface area contributed by atoms with Crippen LogP contribution in [0.4, 0.5) is 5.69 Å². The van der Waals surface area contributed by atoms with Gasteiger partial charge >= 0.3 is 0 Å². The number of anilines is 1. The van der Waals surface area contributed by atoms with Crippen molar-refractivity contribution in [1.82, 2.24) is 4.98 Å². The molecular formula is C14H14Cl2N2S. The Hall–Kier alpha value is -0.770. The Kier molecular flexibility index (Phi) is 3.70. The number of nitrogens with one attached hydrogen (secondary N) is 1. The molecule has 2 nitrogen and oxygen atoms in total. The van der Waals surface area contributed by atoms with E-state index < -0.39 is 0 Å². The van der Waals surface area contributed by atoms with Gasteiger partial charge in [-0.05, 0) is 49.9 Å². The molecule has 0 radical (unpaired) electrons. The predicted molar refractivity (Wildman–Crippen MR) is 82.6 cm³/mol. The number of aryl methyl sites for hydroxylation is 2. The third-order valence-corrected chi connectivity index (χ3v) is 5.02. The maximum absolute atomic E-state index is 6.13. The summed E-state index contributed by atoms with van der Waals surface area (Å²) in [4.78, 5) is 5.69. The van der Waals surface area contributed by atoms with Gasteiger partial charge in [0.25, 0.3) is 0 Å². The standard InChI is InChI=1S/C14H14Cl2N2S/c1-8-10(5-6-13(15)17-8)18-11-3-2-4-12-9(11)7-14(16)19-12/h5-7,11,18H,2-4H2,1H3. The SMILES string of the molecule is Cc1nc(Cl)ccc1NC1CCCc2sc(Cl)cc21. The zero-order valence-electron chi connectivity index (χ0n) is 10.5. The Balaban J connectivity index is 1.88. The van der Waals surface area contributed by atoms with Gasteiger partial charge < -0.3 is 5.32 Å². The van der Waals surface area contributed by atoms with Crippen LogP contribution in [0.15, 0.2) is 18.2 Å². The summed E-state index contributed by atoms with van der Waals surface area (Å²) in [6, 6.07) is 6.24. The summed E-state index contributed by atoms with van der Waals surface area (Å²) in [7, 11) is 0. The van der Waals surface area contributed by atoms with Crippen LogP contribution in [0.1, 0.15) is 35.0 Å². The lowest BCUT2D eigenvalue weighted by Gasteiger charge is -2.25. The van der Waals surface area contributed by atoms with Gasteiger partial charge in [0.1, 0.15) is 5.15 Å². The first-order chi connectivity index (χ1) is 9.13. The number of aromatic nitrogens is 1. The van der Waals surface area contributed by atoms with Crippen LogP contribution in [0, 0.1) is 6.92 Å². The first-order valence-corrected chi connectivity index (χ1v) is 7.88. The number of rotatable bonds is 2. The third kappa shape index (κ3) is 2.73. The second-order valence-electron chi connectivity index (χ2n) is 4.79. The van der Waals surface area contributed by atoms with E-state index in [9.17, 15) is 0 Å². The molecule has 0 amide bonds. The molecule has 5 heteroatoms. The number of hydrogen-bond donors (Lipinski definition) is 1. The van der Waals surface area contributed by atoms with Gasteiger partial charge in [0.15, 0.2) is 0 Å². The Labute approximate surface area is 126 Å². The average Bonchev–Trinajstić information content (AvgIpc) is 2.74. The van der Waals surface area contributed by atoms with Gasteiger partial charge in [0.05, 0.1) is 21.8 Å². The highest BCUT2D eigenvalue weighted by atomic mass is 35.5. The molecule has 0 fully saturated rings. The molecule has 1 aliphatic rings. The molecule has 0 saturated carbocycles. The summed E-state index contributed by atoms with van der Waals surface area (Å²) in [5.41, 5.74) is 3.32. The molecule has 2 aromatic rings. The number of pyridine rings is 1. The molecule has 2 aromatic heterocycles. The molecule has 0 aromatic carbocycles. The highest BCUT2D eigenvalue weighted by Gasteiger charge is 2.23. The van der Waals surface area contributed by atoms with Gasteiger partial charge in [-0.1, -0.05) is 23.2 Å². The first kappa shape index (κ1) is 13.2. The number of thiophene rings is 1. The average molecular weight is 313 g/mol. The zero-order chi connectivity index (χ0) is 13.4. The van der Waals surface area contributed by atoms with E-state index in [0.717, 1.165) is 28.6 Å². The minimum Gasteiger partial charge on any atom is -0.377 e. The van der Waals surface area contributed by atoms with Gasteiger partial charge in [-0.3, -0.25) is 0 Å². The van der Waals surface area contributed by atoms with Crippen LogP contribution in [-0.4, -0.2) is 4.98 Å². The molecule has 19 heavy (non-hydrogen) atoms. The predicted octanol–water partition coefficient (Wildman–Crippen LogP) is 5.25. The maximum atomic E-state index is 6.13. The smallest absolute Gasteiger partial charge is 0.129 e. The topological polar surface area (TPSA) is 24.9 Å². The van der Waals surface area contributed by atoms with Crippen LogP contribution >= 0.6 is 34.5 Å². The summed E-state index contributed by atoms with van der Waals surface area (Å²) in [6.45, 7) is 1.97. The van der Waals surface area contributed by atoms with Crippen LogP contribution in [-0.2, 0) is 6.42 Å². The third-order valence-electron chi connectivity index (χ3n) is 3.47. The molecule has 1 aliphatic carbocycles. The fourth-order valence-electron chi connectivity index (χ4n) is 2.54. The van der Waals surface area contributed by atoms with Gasteiger partial charge in [-0.25, -0.2) is 4.98 Å². The summed E-state index contributed by atoms with van der Waals surface area (Å²) in [5, 5.41) is 4.11. The van der Waals surface area contributed by atoms with Crippen molar-refractivity contribution in [2.75, 3.05) is 5.32 Å². The van der Waals surface area contributed by atoms with Crippen molar-refractivity contribution >= 4 is 40.2 Å². The van der Waals surface area contributed by atoms with Crippen molar-refractivity contribution in [3.8, 4) is 0 Å². The minimum atomic E-state index is 0.328. The van der Waals surface area contributed by atoms with E-state index in [2.05, 4.69) is 16.4 Å². The molecule has 0 saturated heterocycles. The lowest BCUT2D eigenvalue weighted by atomic mass is 9.94. The zero-order valence-corrected chi connectivity index (χ0v) is 12.9. The highest BCUT2D eigenvalue weighted by Crippen LogP contribution is 2.39. The van der Waals surface area contributed by atoms with E-state index in [-0.39, 0.29) is 0 Å². The normalized spacial score (nSPS) is 18.2. The van der Waals surface area contributed by atoms with Crippen molar-refractivity contribution in [3.05, 3.63) is 43.8 Å². The van der Waals surface area contributed by atoms with Crippen LogP contribution in [0.25, 0.3) is 0 Å². The molecule has 3 rings (SSSR count). The first-order valence-electron chi connectivity index (χ1n) is 6.31. The van der Waals surface area contributed by atoms with E-state index in [0.29, 0.717) is 11.2 Å². The van der Waals surface area contributed by atoms with Crippen LogP contribution in [0.2, 0.25) is 9.49 Å². The highest BCUT2D eigenvalue weighted by molar-refractivity contribution is 7.16. The summed E-state index contributed by atoms with van der Waals surface area (Å²) < 4.78 is 0.879. The van der Waals surface area contributed by atoms with E-state index in [1.165, 1.54) is 16.9 Å². The van der Waals surface area contributed by atoms with E-state index in [1.807, 2.05) is 19.1 Å². The van der Waals surface area contributed by atoms with Gasteiger partial charge in [-0.15, -0.1) is 11.3 Å². The Bertz CT molecular complexity index is 609. The van der Waals surface area contributed by atoms with Crippen LogP contribution in [0.3, 0.4) is 0 Å². The molecule has 1 N–H and O–H groups in total.